The van der Waals surface area contributed by atoms with Gasteiger partial charge in [0.05, 0.1) is 19.3 Å². The van der Waals surface area contributed by atoms with Crippen molar-refractivity contribution in [2.45, 2.75) is 31.6 Å². The van der Waals surface area contributed by atoms with Gasteiger partial charge in [-0.3, -0.25) is 4.79 Å². The summed E-state index contributed by atoms with van der Waals surface area (Å²) in [5.74, 6) is 0.0178. The molecule has 23 heavy (non-hydrogen) atoms. The van der Waals surface area contributed by atoms with E-state index >= 15 is 0 Å². The standard InChI is InChI=1S/C17H23N3O3/c1-19-11-15(18-17(19)22)16(21)20-9-7-14(8-10-20)23-12-13-5-3-2-4-6-13/h2-6,14-15H,7-12H2,1H3,(H,18,22)/t15-/m1/s1. The van der Waals surface area contributed by atoms with Gasteiger partial charge in [0.1, 0.15) is 6.04 Å². The molecule has 0 bridgehead atoms. The zero-order valence-corrected chi connectivity index (χ0v) is 13.4. The van der Waals surface area contributed by atoms with Gasteiger partial charge in [0.15, 0.2) is 0 Å². The maximum absolute atomic E-state index is 12.4. The maximum atomic E-state index is 12.4. The van der Waals surface area contributed by atoms with E-state index in [2.05, 4.69) is 17.4 Å². The van der Waals surface area contributed by atoms with Crippen LogP contribution in [0.15, 0.2) is 30.3 Å². The van der Waals surface area contributed by atoms with Gasteiger partial charge in [0.2, 0.25) is 5.91 Å². The van der Waals surface area contributed by atoms with Crippen LogP contribution in [-0.2, 0) is 16.1 Å². The third kappa shape index (κ3) is 3.82. The number of rotatable bonds is 4. The van der Waals surface area contributed by atoms with E-state index in [0.717, 1.165) is 12.8 Å². The summed E-state index contributed by atoms with van der Waals surface area (Å²) in [5.41, 5.74) is 1.17. The van der Waals surface area contributed by atoms with Gasteiger partial charge in [0.25, 0.3) is 0 Å². The highest BCUT2D eigenvalue weighted by molar-refractivity contribution is 5.90. The molecule has 0 saturated carbocycles. The summed E-state index contributed by atoms with van der Waals surface area (Å²) < 4.78 is 5.94. The topological polar surface area (TPSA) is 61.9 Å². The summed E-state index contributed by atoms with van der Waals surface area (Å²) in [6.45, 7) is 2.44. The molecule has 3 rings (SSSR count). The number of amides is 3. The highest BCUT2D eigenvalue weighted by Gasteiger charge is 2.35. The lowest BCUT2D eigenvalue weighted by Crippen LogP contribution is -2.49. The quantitative estimate of drug-likeness (QED) is 0.908. The Kier molecular flexibility index (Phi) is 4.81. The van der Waals surface area contributed by atoms with Gasteiger partial charge in [-0.2, -0.15) is 0 Å². The average molecular weight is 317 g/mol. The first-order chi connectivity index (χ1) is 11.1. The Morgan fingerprint density at radius 1 is 1.26 bits per heavy atom. The molecule has 0 unspecified atom stereocenters. The molecule has 2 aliphatic rings. The molecule has 1 atom stereocenters. The number of likely N-dealkylation sites (N-methyl/N-ethyl adjacent to an activating group) is 1. The first kappa shape index (κ1) is 15.8. The first-order valence-electron chi connectivity index (χ1n) is 8.09. The van der Waals surface area contributed by atoms with Crippen molar-refractivity contribution in [3.63, 3.8) is 0 Å². The summed E-state index contributed by atoms with van der Waals surface area (Å²) in [7, 11) is 1.70. The normalized spacial score (nSPS) is 22.3. The van der Waals surface area contributed by atoms with Crippen LogP contribution in [0.3, 0.4) is 0 Å². The molecule has 6 nitrogen and oxygen atoms in total. The molecule has 2 heterocycles. The van der Waals surface area contributed by atoms with E-state index in [4.69, 9.17) is 4.74 Å². The molecule has 1 N–H and O–H groups in total. The second-order valence-corrected chi connectivity index (χ2v) is 6.20. The molecule has 2 fully saturated rings. The van der Waals surface area contributed by atoms with Gasteiger partial charge < -0.3 is 19.9 Å². The van der Waals surface area contributed by atoms with Crippen LogP contribution >= 0.6 is 0 Å². The number of nitrogens with zero attached hydrogens (tertiary/aromatic N) is 2. The van der Waals surface area contributed by atoms with Crippen molar-refractivity contribution in [3.05, 3.63) is 35.9 Å². The number of hydrogen-bond acceptors (Lipinski definition) is 3. The molecule has 0 spiro atoms. The van der Waals surface area contributed by atoms with Gasteiger partial charge in [-0.05, 0) is 18.4 Å². The summed E-state index contributed by atoms with van der Waals surface area (Å²) >= 11 is 0. The Labute approximate surface area is 136 Å². The van der Waals surface area contributed by atoms with E-state index in [1.807, 2.05) is 23.1 Å². The second kappa shape index (κ2) is 7.00. The van der Waals surface area contributed by atoms with Crippen molar-refractivity contribution in [3.8, 4) is 0 Å². The van der Waals surface area contributed by atoms with Gasteiger partial charge in [-0.15, -0.1) is 0 Å². The molecular formula is C17H23N3O3. The third-order valence-corrected chi connectivity index (χ3v) is 4.48. The number of ether oxygens (including phenoxy) is 1. The Hall–Kier alpha value is -2.08. The number of piperidine rings is 1. The van der Waals surface area contributed by atoms with E-state index in [9.17, 15) is 9.59 Å². The van der Waals surface area contributed by atoms with Crippen LogP contribution in [0.25, 0.3) is 0 Å². The van der Waals surface area contributed by atoms with E-state index in [1.165, 1.54) is 10.5 Å². The van der Waals surface area contributed by atoms with Gasteiger partial charge in [0, 0.05) is 20.1 Å². The van der Waals surface area contributed by atoms with Crippen molar-refractivity contribution >= 4 is 11.9 Å². The summed E-state index contributed by atoms with van der Waals surface area (Å²) in [6, 6.07) is 9.53. The molecular weight excluding hydrogens is 294 g/mol. The van der Waals surface area contributed by atoms with E-state index in [1.54, 1.807) is 7.05 Å². The molecule has 2 saturated heterocycles. The van der Waals surface area contributed by atoms with Crippen molar-refractivity contribution < 1.29 is 14.3 Å². The van der Waals surface area contributed by atoms with Crippen LogP contribution in [0, 0.1) is 0 Å². The molecule has 1 aromatic rings. The lowest BCUT2D eigenvalue weighted by molar-refractivity contribution is -0.135. The molecule has 1 aromatic carbocycles. The predicted octanol–water partition coefficient (Wildman–Crippen LogP) is 1.22. The zero-order valence-electron chi connectivity index (χ0n) is 13.4. The minimum atomic E-state index is -0.408. The number of likely N-dealkylation sites (tertiary alicyclic amines) is 1. The lowest BCUT2D eigenvalue weighted by atomic mass is 10.1. The lowest BCUT2D eigenvalue weighted by Gasteiger charge is -2.33. The smallest absolute Gasteiger partial charge is 0.317 e. The monoisotopic (exact) mass is 317 g/mol. The summed E-state index contributed by atoms with van der Waals surface area (Å²) in [4.78, 5) is 27.3. The van der Waals surface area contributed by atoms with Crippen molar-refractivity contribution in [1.29, 1.82) is 0 Å². The Morgan fingerprint density at radius 2 is 1.96 bits per heavy atom. The number of carbonyl (C=O) groups is 2. The maximum Gasteiger partial charge on any atom is 0.317 e. The van der Waals surface area contributed by atoms with Gasteiger partial charge in [-0.25, -0.2) is 4.79 Å². The average Bonchev–Trinajstić information content (AvgIpc) is 2.93. The van der Waals surface area contributed by atoms with E-state index in [-0.39, 0.29) is 18.0 Å². The largest absolute Gasteiger partial charge is 0.373 e. The van der Waals surface area contributed by atoms with Crippen LogP contribution in [-0.4, -0.2) is 60.6 Å². The predicted molar refractivity (Wildman–Crippen MR) is 85.8 cm³/mol. The molecule has 0 aliphatic carbocycles. The van der Waals surface area contributed by atoms with Crippen LogP contribution in [0.5, 0.6) is 0 Å². The number of carbonyl (C=O) groups excluding carboxylic acids is 2. The fraction of sp³-hybridized carbons (Fsp3) is 0.529. The first-order valence-corrected chi connectivity index (χ1v) is 8.09. The zero-order chi connectivity index (χ0) is 16.2. The fourth-order valence-corrected chi connectivity index (χ4v) is 3.05. The van der Waals surface area contributed by atoms with Crippen LogP contribution in [0.4, 0.5) is 4.79 Å². The number of hydrogen-bond donors (Lipinski definition) is 1. The van der Waals surface area contributed by atoms with Crippen molar-refractivity contribution in [1.82, 2.24) is 15.1 Å². The Morgan fingerprint density at radius 3 is 2.57 bits per heavy atom. The van der Waals surface area contributed by atoms with Gasteiger partial charge in [-0.1, -0.05) is 30.3 Å². The van der Waals surface area contributed by atoms with E-state index in [0.29, 0.717) is 26.2 Å². The molecule has 124 valence electrons. The van der Waals surface area contributed by atoms with Crippen LogP contribution < -0.4 is 5.32 Å². The molecule has 2 aliphatic heterocycles. The minimum absolute atomic E-state index is 0.0178. The van der Waals surface area contributed by atoms with Crippen LogP contribution in [0.2, 0.25) is 0 Å². The third-order valence-electron chi connectivity index (χ3n) is 4.48. The summed E-state index contributed by atoms with van der Waals surface area (Å²) in [5, 5.41) is 2.72. The second-order valence-electron chi connectivity index (χ2n) is 6.20. The molecule has 6 heteroatoms. The van der Waals surface area contributed by atoms with E-state index < -0.39 is 6.04 Å². The number of benzene rings is 1. The summed E-state index contributed by atoms with van der Waals surface area (Å²) in [6.07, 6.45) is 1.88. The number of nitrogens with one attached hydrogen (secondary N) is 1. The SMILES string of the molecule is CN1C[C@H](C(=O)N2CCC(OCc3ccccc3)CC2)NC1=O. The van der Waals surface area contributed by atoms with Crippen molar-refractivity contribution in [2.75, 3.05) is 26.7 Å². The fourth-order valence-electron chi connectivity index (χ4n) is 3.05. The van der Waals surface area contributed by atoms with Crippen molar-refractivity contribution in [2.24, 2.45) is 0 Å². The molecule has 0 radical (unpaired) electrons. The highest BCUT2D eigenvalue weighted by Crippen LogP contribution is 2.17. The molecule has 3 amide bonds. The molecule has 0 aromatic heterocycles. The minimum Gasteiger partial charge on any atom is -0.373 e. The Balaban J connectivity index is 1.43. The Bertz CT molecular complexity index is 555. The van der Waals surface area contributed by atoms with Crippen LogP contribution in [0.1, 0.15) is 18.4 Å². The number of urea groups is 1. The van der Waals surface area contributed by atoms with Gasteiger partial charge >= 0.3 is 6.03 Å². The highest BCUT2D eigenvalue weighted by atomic mass is 16.5.